The van der Waals surface area contributed by atoms with Crippen LogP contribution in [0.3, 0.4) is 0 Å². The van der Waals surface area contributed by atoms with Crippen LogP contribution in [0.25, 0.3) is 0 Å². The third-order valence-electron chi connectivity index (χ3n) is 3.81. The highest BCUT2D eigenvalue weighted by atomic mass is 19.1. The lowest BCUT2D eigenvalue weighted by atomic mass is 9.96. The van der Waals surface area contributed by atoms with Crippen LogP contribution in [0.5, 0.6) is 0 Å². The Morgan fingerprint density at radius 1 is 1.04 bits per heavy atom. The first-order valence-corrected chi connectivity index (χ1v) is 7.96. The van der Waals surface area contributed by atoms with E-state index < -0.39 is 0 Å². The summed E-state index contributed by atoms with van der Waals surface area (Å²) in [5.74, 6) is -0.609. The lowest BCUT2D eigenvalue weighted by Crippen LogP contribution is -2.37. The number of amides is 1. The average Bonchev–Trinajstić information content (AvgIpc) is 2.55. The van der Waals surface area contributed by atoms with E-state index in [1.807, 2.05) is 13.8 Å². The molecular formula is C19H22F2N2O. The predicted molar refractivity (Wildman–Crippen MR) is 90.2 cm³/mol. The molecule has 2 rings (SSSR count). The molecule has 3 nitrogen and oxygen atoms in total. The minimum Gasteiger partial charge on any atom is -0.351 e. The molecule has 0 aliphatic carbocycles. The van der Waals surface area contributed by atoms with Gasteiger partial charge in [0.25, 0.3) is 0 Å². The van der Waals surface area contributed by atoms with E-state index in [-0.39, 0.29) is 42.6 Å². The van der Waals surface area contributed by atoms with Gasteiger partial charge in [-0.2, -0.15) is 0 Å². The standard InChI is InChI=1S/C19H22F2N2O/c1-13(2)19(14-7-9-16(20)10-8-14)23-12-18(24)22-11-15-5-3-4-6-17(15)21/h3-10,13,19,23H,11-12H2,1-2H3,(H,22,24)/t19-/m1/s1. The van der Waals surface area contributed by atoms with Crippen molar-refractivity contribution < 1.29 is 13.6 Å². The zero-order valence-electron chi connectivity index (χ0n) is 13.9. The van der Waals surface area contributed by atoms with E-state index in [4.69, 9.17) is 0 Å². The Balaban J connectivity index is 1.88. The van der Waals surface area contributed by atoms with Gasteiger partial charge in [0.05, 0.1) is 6.54 Å². The van der Waals surface area contributed by atoms with Gasteiger partial charge in [-0.1, -0.05) is 44.2 Å². The summed E-state index contributed by atoms with van der Waals surface area (Å²) in [6.45, 7) is 4.31. The van der Waals surface area contributed by atoms with E-state index in [2.05, 4.69) is 10.6 Å². The molecule has 1 atom stereocenters. The summed E-state index contributed by atoms with van der Waals surface area (Å²) in [5.41, 5.74) is 1.37. The van der Waals surface area contributed by atoms with Crippen molar-refractivity contribution >= 4 is 5.91 Å². The van der Waals surface area contributed by atoms with Crippen molar-refractivity contribution in [2.24, 2.45) is 5.92 Å². The molecule has 24 heavy (non-hydrogen) atoms. The van der Waals surface area contributed by atoms with E-state index >= 15 is 0 Å². The SMILES string of the molecule is CC(C)[C@@H](NCC(=O)NCc1ccccc1F)c1ccc(F)cc1. The molecule has 0 unspecified atom stereocenters. The zero-order valence-corrected chi connectivity index (χ0v) is 13.9. The Bertz CT molecular complexity index is 671. The largest absolute Gasteiger partial charge is 0.351 e. The molecule has 0 heterocycles. The highest BCUT2D eigenvalue weighted by Crippen LogP contribution is 2.21. The van der Waals surface area contributed by atoms with E-state index in [1.54, 1.807) is 30.3 Å². The molecule has 0 aliphatic rings. The van der Waals surface area contributed by atoms with Crippen LogP contribution in [0.15, 0.2) is 48.5 Å². The fourth-order valence-corrected chi connectivity index (χ4v) is 2.51. The Kier molecular flexibility index (Phi) is 6.44. The zero-order chi connectivity index (χ0) is 17.5. The molecule has 0 aliphatic heterocycles. The predicted octanol–water partition coefficient (Wildman–Crippen LogP) is 3.57. The van der Waals surface area contributed by atoms with Gasteiger partial charge in [0.15, 0.2) is 0 Å². The second-order valence-electron chi connectivity index (χ2n) is 6.02. The fraction of sp³-hybridized carbons (Fsp3) is 0.316. The molecule has 0 fully saturated rings. The number of hydrogen-bond acceptors (Lipinski definition) is 2. The van der Waals surface area contributed by atoms with Crippen LogP contribution in [0, 0.1) is 17.6 Å². The number of nitrogens with one attached hydrogen (secondary N) is 2. The molecule has 2 N–H and O–H groups in total. The summed E-state index contributed by atoms with van der Waals surface area (Å²) in [6.07, 6.45) is 0. The number of hydrogen-bond donors (Lipinski definition) is 2. The molecule has 1 amide bonds. The highest BCUT2D eigenvalue weighted by Gasteiger charge is 2.16. The Labute approximate surface area is 141 Å². The van der Waals surface area contributed by atoms with Crippen LogP contribution >= 0.6 is 0 Å². The second-order valence-corrected chi connectivity index (χ2v) is 6.02. The fourth-order valence-electron chi connectivity index (χ4n) is 2.51. The van der Waals surface area contributed by atoms with Crippen LogP contribution in [0.1, 0.15) is 31.0 Å². The quantitative estimate of drug-likeness (QED) is 0.814. The van der Waals surface area contributed by atoms with Crippen molar-refractivity contribution in [2.75, 3.05) is 6.54 Å². The van der Waals surface area contributed by atoms with Crippen molar-refractivity contribution in [1.82, 2.24) is 10.6 Å². The molecule has 0 radical (unpaired) electrons. The van der Waals surface area contributed by atoms with E-state index in [0.717, 1.165) is 5.56 Å². The molecular weight excluding hydrogens is 310 g/mol. The van der Waals surface area contributed by atoms with Gasteiger partial charge < -0.3 is 10.6 Å². The maximum absolute atomic E-state index is 13.5. The third-order valence-corrected chi connectivity index (χ3v) is 3.81. The summed E-state index contributed by atoms with van der Waals surface area (Å²) in [7, 11) is 0. The summed E-state index contributed by atoms with van der Waals surface area (Å²) < 4.78 is 26.6. The van der Waals surface area contributed by atoms with E-state index in [1.165, 1.54) is 18.2 Å². The average molecular weight is 332 g/mol. The van der Waals surface area contributed by atoms with Crippen molar-refractivity contribution in [2.45, 2.75) is 26.4 Å². The van der Waals surface area contributed by atoms with Crippen molar-refractivity contribution in [3.05, 3.63) is 71.3 Å². The van der Waals surface area contributed by atoms with Gasteiger partial charge in [-0.15, -0.1) is 0 Å². The number of halogens is 2. The summed E-state index contributed by atoms with van der Waals surface area (Å²) in [6, 6.07) is 12.5. The van der Waals surface area contributed by atoms with Crippen molar-refractivity contribution in [3.8, 4) is 0 Å². The van der Waals surface area contributed by atoms with E-state index in [9.17, 15) is 13.6 Å². The van der Waals surface area contributed by atoms with Crippen LogP contribution in [-0.4, -0.2) is 12.5 Å². The first-order chi connectivity index (χ1) is 11.5. The summed E-state index contributed by atoms with van der Waals surface area (Å²) in [5, 5.41) is 5.87. The Morgan fingerprint density at radius 2 is 1.71 bits per heavy atom. The number of benzene rings is 2. The first kappa shape index (κ1) is 18.1. The van der Waals surface area contributed by atoms with Gasteiger partial charge in [-0.25, -0.2) is 8.78 Å². The number of carbonyl (C=O) groups is 1. The maximum atomic E-state index is 13.5. The molecule has 128 valence electrons. The van der Waals surface area contributed by atoms with Crippen LogP contribution < -0.4 is 10.6 Å². The van der Waals surface area contributed by atoms with Crippen molar-refractivity contribution in [3.63, 3.8) is 0 Å². The highest BCUT2D eigenvalue weighted by molar-refractivity contribution is 5.78. The lowest BCUT2D eigenvalue weighted by molar-refractivity contribution is -0.120. The Hall–Kier alpha value is -2.27. The van der Waals surface area contributed by atoms with Gasteiger partial charge >= 0.3 is 0 Å². The second kappa shape index (κ2) is 8.55. The summed E-state index contributed by atoms with van der Waals surface area (Å²) in [4.78, 5) is 12.0. The monoisotopic (exact) mass is 332 g/mol. The molecule has 2 aromatic carbocycles. The minimum absolute atomic E-state index is 0.0650. The third kappa shape index (κ3) is 5.13. The molecule has 0 aromatic heterocycles. The topological polar surface area (TPSA) is 41.1 Å². The van der Waals surface area contributed by atoms with E-state index in [0.29, 0.717) is 5.56 Å². The number of rotatable bonds is 7. The van der Waals surface area contributed by atoms with Gasteiger partial charge in [0.1, 0.15) is 11.6 Å². The maximum Gasteiger partial charge on any atom is 0.234 e. The van der Waals surface area contributed by atoms with Gasteiger partial charge in [0, 0.05) is 18.2 Å². The van der Waals surface area contributed by atoms with Gasteiger partial charge in [-0.05, 0) is 29.7 Å². The first-order valence-electron chi connectivity index (χ1n) is 7.96. The molecule has 5 heteroatoms. The molecule has 0 spiro atoms. The normalized spacial score (nSPS) is 12.2. The van der Waals surface area contributed by atoms with Gasteiger partial charge in [0.2, 0.25) is 5.91 Å². The molecule has 0 bridgehead atoms. The molecule has 0 saturated heterocycles. The van der Waals surface area contributed by atoms with Crippen LogP contribution in [0.4, 0.5) is 8.78 Å². The minimum atomic E-state index is -0.336. The molecule has 2 aromatic rings. The number of carbonyl (C=O) groups excluding carboxylic acids is 1. The molecule has 0 saturated carbocycles. The van der Waals surface area contributed by atoms with Crippen molar-refractivity contribution in [1.29, 1.82) is 0 Å². The van der Waals surface area contributed by atoms with Gasteiger partial charge in [-0.3, -0.25) is 4.79 Å². The van der Waals surface area contributed by atoms with Crippen LogP contribution in [-0.2, 0) is 11.3 Å². The smallest absolute Gasteiger partial charge is 0.234 e. The Morgan fingerprint density at radius 3 is 2.33 bits per heavy atom. The van der Waals surface area contributed by atoms with Crippen LogP contribution in [0.2, 0.25) is 0 Å². The lowest BCUT2D eigenvalue weighted by Gasteiger charge is -2.22. The summed E-state index contributed by atoms with van der Waals surface area (Å²) >= 11 is 0.